The highest BCUT2D eigenvalue weighted by atomic mass is 15.1. The van der Waals surface area contributed by atoms with Crippen molar-refractivity contribution in [1.82, 2.24) is 14.9 Å². The highest BCUT2D eigenvalue weighted by molar-refractivity contribution is 5.33. The molecule has 0 saturated heterocycles. The summed E-state index contributed by atoms with van der Waals surface area (Å²) in [6.45, 7) is 9.66. The normalized spacial score (nSPS) is 11.0. The Morgan fingerprint density at radius 3 is 2.81 bits per heavy atom. The number of nitrogens with zero attached hydrogens (tertiary/aromatic N) is 2. The lowest BCUT2D eigenvalue weighted by Gasteiger charge is -2.11. The first-order valence-corrected chi connectivity index (χ1v) is 8.03. The van der Waals surface area contributed by atoms with E-state index in [2.05, 4.69) is 60.0 Å². The van der Waals surface area contributed by atoms with Gasteiger partial charge in [-0.2, -0.15) is 0 Å². The smallest absolute Gasteiger partial charge is 0.113 e. The second-order valence-electron chi connectivity index (χ2n) is 5.65. The quantitative estimate of drug-likeness (QED) is 0.750. The molecular formula is C18H27N3. The first-order chi connectivity index (χ1) is 10.2. The molecule has 0 aliphatic heterocycles. The molecule has 1 heterocycles. The molecule has 0 amide bonds. The number of imidazole rings is 1. The standard InChI is InChI=1S/C18H27N3/c1-4-8-19-14-16-7-6-15(3)17(12-16)13-18-20-9-11-21(18)10-5-2/h6-7,9,11-12,19H,4-5,8,10,13-14H2,1-3H3. The summed E-state index contributed by atoms with van der Waals surface area (Å²) in [4.78, 5) is 4.52. The SMILES string of the molecule is CCCNCc1ccc(C)c(Cc2nccn2CCC)c1. The summed E-state index contributed by atoms with van der Waals surface area (Å²) in [5, 5.41) is 3.47. The molecule has 114 valence electrons. The molecule has 0 atom stereocenters. The average molecular weight is 285 g/mol. The number of aryl methyl sites for hydroxylation is 2. The maximum atomic E-state index is 4.52. The molecule has 0 radical (unpaired) electrons. The van der Waals surface area contributed by atoms with E-state index in [4.69, 9.17) is 0 Å². The summed E-state index contributed by atoms with van der Waals surface area (Å²) in [5.41, 5.74) is 4.09. The number of nitrogens with one attached hydrogen (secondary N) is 1. The maximum absolute atomic E-state index is 4.52. The van der Waals surface area contributed by atoms with Crippen LogP contribution in [0.4, 0.5) is 0 Å². The maximum Gasteiger partial charge on any atom is 0.113 e. The minimum Gasteiger partial charge on any atom is -0.335 e. The molecule has 3 nitrogen and oxygen atoms in total. The lowest BCUT2D eigenvalue weighted by atomic mass is 10.0. The fourth-order valence-corrected chi connectivity index (χ4v) is 2.56. The van der Waals surface area contributed by atoms with E-state index in [1.165, 1.54) is 28.9 Å². The Balaban J connectivity index is 2.11. The monoisotopic (exact) mass is 285 g/mol. The van der Waals surface area contributed by atoms with Crippen molar-refractivity contribution in [2.24, 2.45) is 0 Å². The minimum atomic E-state index is 0.917. The number of aromatic nitrogens is 2. The lowest BCUT2D eigenvalue weighted by Crippen LogP contribution is -2.14. The van der Waals surface area contributed by atoms with Gasteiger partial charge < -0.3 is 9.88 Å². The lowest BCUT2D eigenvalue weighted by molar-refractivity contribution is 0.646. The number of hydrogen-bond donors (Lipinski definition) is 1. The van der Waals surface area contributed by atoms with Crippen molar-refractivity contribution < 1.29 is 0 Å². The molecule has 1 N–H and O–H groups in total. The second kappa shape index (κ2) is 7.99. The zero-order valence-corrected chi connectivity index (χ0v) is 13.5. The Hall–Kier alpha value is -1.61. The Labute approximate surface area is 128 Å². The molecule has 2 aromatic rings. The van der Waals surface area contributed by atoms with Gasteiger partial charge in [0.25, 0.3) is 0 Å². The van der Waals surface area contributed by atoms with Gasteiger partial charge in [-0.15, -0.1) is 0 Å². The molecule has 2 rings (SSSR count). The fourth-order valence-electron chi connectivity index (χ4n) is 2.56. The summed E-state index contributed by atoms with van der Waals surface area (Å²) in [6, 6.07) is 6.77. The van der Waals surface area contributed by atoms with Crippen LogP contribution >= 0.6 is 0 Å². The third kappa shape index (κ3) is 4.43. The summed E-state index contributed by atoms with van der Waals surface area (Å²) >= 11 is 0. The van der Waals surface area contributed by atoms with Crippen LogP contribution in [0, 0.1) is 6.92 Å². The molecule has 0 aliphatic carbocycles. The van der Waals surface area contributed by atoms with Gasteiger partial charge in [-0.3, -0.25) is 0 Å². The van der Waals surface area contributed by atoms with E-state index in [1.807, 2.05) is 6.20 Å². The summed E-state index contributed by atoms with van der Waals surface area (Å²) in [7, 11) is 0. The van der Waals surface area contributed by atoms with E-state index < -0.39 is 0 Å². The van der Waals surface area contributed by atoms with Gasteiger partial charge in [0.1, 0.15) is 5.82 Å². The average Bonchev–Trinajstić information content (AvgIpc) is 2.90. The largest absolute Gasteiger partial charge is 0.335 e. The third-order valence-electron chi connectivity index (χ3n) is 3.78. The van der Waals surface area contributed by atoms with Crippen molar-refractivity contribution in [1.29, 1.82) is 0 Å². The first-order valence-electron chi connectivity index (χ1n) is 8.03. The predicted octanol–water partition coefficient (Wildman–Crippen LogP) is 3.69. The van der Waals surface area contributed by atoms with Crippen molar-refractivity contribution >= 4 is 0 Å². The number of rotatable bonds is 8. The highest BCUT2D eigenvalue weighted by Gasteiger charge is 2.07. The second-order valence-corrected chi connectivity index (χ2v) is 5.65. The van der Waals surface area contributed by atoms with E-state index in [1.54, 1.807) is 0 Å². The van der Waals surface area contributed by atoms with Gasteiger partial charge in [0.15, 0.2) is 0 Å². The Morgan fingerprint density at radius 1 is 1.19 bits per heavy atom. The molecule has 0 spiro atoms. The van der Waals surface area contributed by atoms with E-state index in [0.717, 1.165) is 32.5 Å². The van der Waals surface area contributed by atoms with Crippen LogP contribution in [0.2, 0.25) is 0 Å². The molecule has 0 unspecified atom stereocenters. The van der Waals surface area contributed by atoms with Crippen LogP contribution in [-0.4, -0.2) is 16.1 Å². The molecule has 21 heavy (non-hydrogen) atoms. The molecule has 0 fully saturated rings. The van der Waals surface area contributed by atoms with Crippen LogP contribution in [-0.2, 0) is 19.5 Å². The molecule has 0 bridgehead atoms. The first kappa shape index (κ1) is 15.8. The van der Waals surface area contributed by atoms with Crippen LogP contribution in [0.15, 0.2) is 30.6 Å². The van der Waals surface area contributed by atoms with Crippen LogP contribution < -0.4 is 5.32 Å². The Morgan fingerprint density at radius 2 is 2.05 bits per heavy atom. The molecule has 1 aromatic heterocycles. The molecule has 0 saturated carbocycles. The number of hydrogen-bond acceptors (Lipinski definition) is 2. The van der Waals surface area contributed by atoms with Crippen molar-refractivity contribution in [3.05, 3.63) is 53.1 Å². The Bertz CT molecular complexity index is 557. The van der Waals surface area contributed by atoms with Gasteiger partial charge in [0, 0.05) is 31.9 Å². The van der Waals surface area contributed by atoms with E-state index in [-0.39, 0.29) is 0 Å². The van der Waals surface area contributed by atoms with Gasteiger partial charge in [-0.1, -0.05) is 32.0 Å². The molecule has 0 aliphatic rings. The topological polar surface area (TPSA) is 29.9 Å². The summed E-state index contributed by atoms with van der Waals surface area (Å²) < 4.78 is 2.27. The van der Waals surface area contributed by atoms with Gasteiger partial charge in [0.2, 0.25) is 0 Å². The summed E-state index contributed by atoms with van der Waals surface area (Å²) in [5.74, 6) is 1.17. The van der Waals surface area contributed by atoms with E-state index >= 15 is 0 Å². The molecular weight excluding hydrogens is 258 g/mol. The predicted molar refractivity (Wildman–Crippen MR) is 88.5 cm³/mol. The van der Waals surface area contributed by atoms with Crippen molar-refractivity contribution in [2.45, 2.75) is 53.1 Å². The van der Waals surface area contributed by atoms with Gasteiger partial charge >= 0.3 is 0 Å². The van der Waals surface area contributed by atoms with Crippen LogP contribution in [0.1, 0.15) is 49.2 Å². The van der Waals surface area contributed by atoms with Gasteiger partial charge in [0.05, 0.1) is 0 Å². The zero-order chi connectivity index (χ0) is 15.1. The van der Waals surface area contributed by atoms with Crippen molar-refractivity contribution in [2.75, 3.05) is 6.54 Å². The van der Waals surface area contributed by atoms with Crippen molar-refractivity contribution in [3.8, 4) is 0 Å². The molecule has 1 aromatic carbocycles. The van der Waals surface area contributed by atoms with Gasteiger partial charge in [-0.25, -0.2) is 4.98 Å². The number of benzene rings is 1. The Kier molecular flexibility index (Phi) is 6.00. The van der Waals surface area contributed by atoms with Gasteiger partial charge in [-0.05, 0) is 43.0 Å². The highest BCUT2D eigenvalue weighted by Crippen LogP contribution is 2.16. The third-order valence-corrected chi connectivity index (χ3v) is 3.78. The minimum absolute atomic E-state index is 0.917. The van der Waals surface area contributed by atoms with Crippen LogP contribution in [0.3, 0.4) is 0 Å². The zero-order valence-electron chi connectivity index (χ0n) is 13.5. The van der Waals surface area contributed by atoms with Crippen molar-refractivity contribution in [3.63, 3.8) is 0 Å². The fraction of sp³-hybridized carbons (Fsp3) is 0.500. The summed E-state index contributed by atoms with van der Waals surface area (Å²) in [6.07, 6.45) is 7.23. The van der Waals surface area contributed by atoms with Crippen LogP contribution in [0.25, 0.3) is 0 Å². The van der Waals surface area contributed by atoms with Crippen LogP contribution in [0.5, 0.6) is 0 Å². The molecule has 3 heteroatoms. The van der Waals surface area contributed by atoms with E-state index in [0.29, 0.717) is 0 Å². The van der Waals surface area contributed by atoms with E-state index in [9.17, 15) is 0 Å².